The smallest absolute Gasteiger partial charge is 0.213 e. The summed E-state index contributed by atoms with van der Waals surface area (Å²) >= 11 is 0. The number of benzene rings is 3. The number of carbonyl (C=O) groups excluding carboxylic acids is 1. The predicted molar refractivity (Wildman–Crippen MR) is 118 cm³/mol. The maximum absolute atomic E-state index is 13.0. The summed E-state index contributed by atoms with van der Waals surface area (Å²) in [5.74, 6) is -0.0704. The van der Waals surface area contributed by atoms with Crippen LogP contribution in [-0.4, -0.2) is 40.7 Å². The summed E-state index contributed by atoms with van der Waals surface area (Å²) in [5.41, 5.74) is 6.00. The maximum Gasteiger partial charge on any atom is 0.213 e. The second-order valence-electron chi connectivity index (χ2n) is 7.42. The SMILES string of the molecule is O=C1C2=N[C@H]3C(c4ccccc4)=NN=C(c4ccccc4)[C@@H]3N=C2c2ccccc21. The van der Waals surface area contributed by atoms with Crippen molar-refractivity contribution >= 4 is 28.6 Å². The van der Waals surface area contributed by atoms with Crippen LogP contribution in [0.25, 0.3) is 0 Å². The van der Waals surface area contributed by atoms with Crippen LogP contribution < -0.4 is 0 Å². The minimum Gasteiger partial charge on any atom is -0.287 e. The Labute approximate surface area is 173 Å². The van der Waals surface area contributed by atoms with Crippen LogP contribution in [0.1, 0.15) is 27.0 Å². The van der Waals surface area contributed by atoms with Gasteiger partial charge in [-0.3, -0.25) is 14.8 Å². The van der Waals surface area contributed by atoms with Crippen LogP contribution in [0.3, 0.4) is 0 Å². The van der Waals surface area contributed by atoms with Crippen LogP contribution in [0.4, 0.5) is 0 Å². The highest BCUT2D eigenvalue weighted by Crippen LogP contribution is 2.31. The Morgan fingerprint density at radius 3 is 1.57 bits per heavy atom. The van der Waals surface area contributed by atoms with E-state index in [4.69, 9.17) is 9.98 Å². The molecule has 142 valence electrons. The van der Waals surface area contributed by atoms with Gasteiger partial charge in [0.05, 0.1) is 17.1 Å². The lowest BCUT2D eigenvalue weighted by Crippen LogP contribution is -2.45. The molecule has 0 saturated heterocycles. The van der Waals surface area contributed by atoms with Crippen molar-refractivity contribution in [2.75, 3.05) is 0 Å². The summed E-state index contributed by atoms with van der Waals surface area (Å²) in [6.45, 7) is 0. The van der Waals surface area contributed by atoms with Crippen molar-refractivity contribution in [2.24, 2.45) is 20.2 Å². The van der Waals surface area contributed by atoms with E-state index < -0.39 is 6.04 Å². The molecule has 0 aromatic heterocycles. The van der Waals surface area contributed by atoms with Crippen LogP contribution >= 0.6 is 0 Å². The monoisotopic (exact) mass is 388 g/mol. The topological polar surface area (TPSA) is 66.5 Å². The molecule has 30 heavy (non-hydrogen) atoms. The number of Topliss-reactive ketones (excluding diaryl/α,β-unsaturated/α-hetero) is 1. The second kappa shape index (κ2) is 6.52. The molecule has 2 heterocycles. The molecule has 1 aliphatic carbocycles. The molecule has 0 amide bonds. The molecule has 0 radical (unpaired) electrons. The Balaban J connectivity index is 1.56. The minimum atomic E-state index is -0.392. The predicted octanol–water partition coefficient (Wildman–Crippen LogP) is 3.77. The maximum atomic E-state index is 13.0. The average Bonchev–Trinajstić information content (AvgIpc) is 3.10. The van der Waals surface area contributed by atoms with Gasteiger partial charge in [0.1, 0.15) is 17.8 Å². The first-order valence-corrected chi connectivity index (χ1v) is 9.87. The van der Waals surface area contributed by atoms with E-state index in [-0.39, 0.29) is 11.8 Å². The molecule has 0 saturated carbocycles. The molecule has 5 nitrogen and oxygen atoms in total. The third-order valence-electron chi connectivity index (χ3n) is 5.67. The first kappa shape index (κ1) is 16.9. The van der Waals surface area contributed by atoms with E-state index in [1.165, 1.54) is 0 Å². The third-order valence-corrected chi connectivity index (χ3v) is 5.67. The van der Waals surface area contributed by atoms with Gasteiger partial charge in [-0.25, -0.2) is 0 Å². The van der Waals surface area contributed by atoms with E-state index >= 15 is 0 Å². The summed E-state index contributed by atoms with van der Waals surface area (Å²) in [6, 6.07) is 26.6. The molecular formula is C25H16N4O. The Morgan fingerprint density at radius 1 is 0.533 bits per heavy atom. The van der Waals surface area contributed by atoms with Crippen LogP contribution in [0.2, 0.25) is 0 Å². The average molecular weight is 388 g/mol. The summed E-state index contributed by atoms with van der Waals surface area (Å²) in [6.07, 6.45) is 0. The van der Waals surface area contributed by atoms with Crippen LogP contribution in [0, 0.1) is 0 Å². The van der Waals surface area contributed by atoms with Crippen molar-refractivity contribution in [1.29, 1.82) is 0 Å². The van der Waals surface area contributed by atoms with E-state index in [2.05, 4.69) is 10.2 Å². The summed E-state index contributed by atoms with van der Waals surface area (Å²) in [5, 5.41) is 9.12. The van der Waals surface area contributed by atoms with Gasteiger partial charge in [-0.2, -0.15) is 10.2 Å². The zero-order valence-electron chi connectivity index (χ0n) is 15.9. The molecule has 0 unspecified atom stereocenters. The van der Waals surface area contributed by atoms with E-state index in [9.17, 15) is 4.79 Å². The largest absolute Gasteiger partial charge is 0.287 e. The minimum absolute atomic E-state index is 0.0704. The Hall–Kier alpha value is -3.99. The van der Waals surface area contributed by atoms with Crippen molar-refractivity contribution in [3.63, 3.8) is 0 Å². The van der Waals surface area contributed by atoms with Gasteiger partial charge >= 0.3 is 0 Å². The van der Waals surface area contributed by atoms with Crippen molar-refractivity contribution in [1.82, 2.24) is 0 Å². The van der Waals surface area contributed by atoms with Gasteiger partial charge < -0.3 is 0 Å². The zero-order valence-corrected chi connectivity index (χ0v) is 15.9. The molecule has 2 aliphatic heterocycles. The van der Waals surface area contributed by atoms with E-state index in [0.717, 1.165) is 28.1 Å². The molecule has 0 N–H and O–H groups in total. The molecule has 3 aromatic carbocycles. The fourth-order valence-corrected chi connectivity index (χ4v) is 4.24. The first-order valence-electron chi connectivity index (χ1n) is 9.87. The fourth-order valence-electron chi connectivity index (χ4n) is 4.24. The van der Waals surface area contributed by atoms with Crippen molar-refractivity contribution in [2.45, 2.75) is 12.1 Å². The molecule has 2 atom stereocenters. The van der Waals surface area contributed by atoms with Gasteiger partial charge in [-0.05, 0) is 0 Å². The molecule has 3 aromatic rings. The van der Waals surface area contributed by atoms with Gasteiger partial charge in [-0.15, -0.1) is 0 Å². The third kappa shape index (κ3) is 2.45. The second-order valence-corrected chi connectivity index (χ2v) is 7.42. The Kier molecular flexibility index (Phi) is 3.68. The van der Waals surface area contributed by atoms with E-state index in [1.54, 1.807) is 0 Å². The quantitative estimate of drug-likeness (QED) is 0.659. The Morgan fingerprint density at radius 2 is 1.00 bits per heavy atom. The number of rotatable bonds is 2. The van der Waals surface area contributed by atoms with Gasteiger partial charge in [0.15, 0.2) is 0 Å². The van der Waals surface area contributed by atoms with E-state index in [1.807, 2.05) is 84.9 Å². The summed E-state index contributed by atoms with van der Waals surface area (Å²) < 4.78 is 0. The molecule has 0 spiro atoms. The lowest BCUT2D eigenvalue weighted by molar-refractivity contribution is 0.106. The van der Waals surface area contributed by atoms with Crippen molar-refractivity contribution in [3.05, 3.63) is 107 Å². The van der Waals surface area contributed by atoms with Gasteiger partial charge in [0.25, 0.3) is 0 Å². The van der Waals surface area contributed by atoms with Gasteiger partial charge in [0, 0.05) is 22.3 Å². The molecular weight excluding hydrogens is 372 g/mol. The van der Waals surface area contributed by atoms with Crippen molar-refractivity contribution in [3.8, 4) is 0 Å². The number of hydrogen-bond donors (Lipinski definition) is 0. The van der Waals surface area contributed by atoms with E-state index in [0.29, 0.717) is 17.0 Å². The zero-order chi connectivity index (χ0) is 20.1. The molecule has 6 rings (SSSR count). The number of aliphatic imine (C=N–C) groups is 2. The lowest BCUT2D eigenvalue weighted by atomic mass is 9.89. The fraction of sp³-hybridized carbons (Fsp3) is 0.0800. The van der Waals surface area contributed by atoms with Gasteiger partial charge in [-0.1, -0.05) is 84.9 Å². The molecule has 0 bridgehead atoms. The number of nitrogens with zero attached hydrogens (tertiary/aromatic N) is 4. The van der Waals surface area contributed by atoms with Crippen LogP contribution in [0.15, 0.2) is 105 Å². The standard InChI is InChI=1S/C25H16N4O/c30-25-18-14-8-7-13-17(18)21-24(25)27-23-20(16-11-5-2-6-12-16)29-28-19(22(23)26-21)15-9-3-1-4-10-15/h1-14,22-23H/t22-,23-/m0/s1. The number of hydrogen-bond acceptors (Lipinski definition) is 5. The van der Waals surface area contributed by atoms with Crippen molar-refractivity contribution < 1.29 is 4.79 Å². The van der Waals surface area contributed by atoms with Crippen LogP contribution in [0.5, 0.6) is 0 Å². The molecule has 5 heteroatoms. The summed E-state index contributed by atoms with van der Waals surface area (Å²) in [7, 11) is 0. The highest BCUT2D eigenvalue weighted by atomic mass is 16.1. The normalized spacial score (nSPS) is 21.5. The summed E-state index contributed by atoms with van der Waals surface area (Å²) in [4.78, 5) is 23.0. The van der Waals surface area contributed by atoms with Gasteiger partial charge in [0.2, 0.25) is 5.78 Å². The number of ketones is 1. The highest BCUT2D eigenvalue weighted by molar-refractivity contribution is 6.78. The number of fused-ring (bicyclic) bond motifs is 4. The first-order chi connectivity index (χ1) is 14.8. The molecule has 0 fully saturated rings. The van der Waals surface area contributed by atoms with Crippen LogP contribution in [-0.2, 0) is 0 Å². The Bertz CT molecular complexity index is 1300. The lowest BCUT2D eigenvalue weighted by Gasteiger charge is -2.30. The highest BCUT2D eigenvalue weighted by Gasteiger charge is 2.43. The molecule has 3 aliphatic rings. The number of carbonyl (C=O) groups is 1.